The molecule has 2 saturated carbocycles. The minimum absolute atomic E-state index is 0.803. The third-order valence-electron chi connectivity index (χ3n) is 7.42. The first-order chi connectivity index (χ1) is 20.1. The van der Waals surface area contributed by atoms with E-state index in [9.17, 15) is 0 Å². The van der Waals surface area contributed by atoms with E-state index >= 15 is 0 Å². The molecule has 0 aliphatic heterocycles. The smallest absolute Gasteiger partial charge is 0.0151 e. The van der Waals surface area contributed by atoms with Crippen LogP contribution in [0.25, 0.3) is 0 Å². The predicted molar refractivity (Wildman–Crippen MR) is 203 cm³/mol. The van der Waals surface area contributed by atoms with Gasteiger partial charge >= 0.3 is 0 Å². The topological polar surface area (TPSA) is 12.0 Å². The van der Waals surface area contributed by atoms with Crippen molar-refractivity contribution >= 4 is 0 Å². The summed E-state index contributed by atoms with van der Waals surface area (Å²) in [6.45, 7) is 41.8. The van der Waals surface area contributed by atoms with Gasteiger partial charge in [-0.25, -0.2) is 0 Å². The fourth-order valence-corrected chi connectivity index (χ4v) is 3.66. The second-order valence-corrected chi connectivity index (χ2v) is 12.7. The van der Waals surface area contributed by atoms with Crippen LogP contribution in [0.3, 0.4) is 0 Å². The van der Waals surface area contributed by atoms with E-state index in [1.165, 1.54) is 84.9 Å². The molecule has 0 spiro atoms. The highest BCUT2D eigenvalue weighted by molar-refractivity contribution is 5.49. The third kappa shape index (κ3) is 30.7. The van der Waals surface area contributed by atoms with E-state index in [1.54, 1.807) is 11.6 Å². The van der Waals surface area contributed by atoms with Crippen LogP contribution in [0.2, 0.25) is 0 Å². The van der Waals surface area contributed by atoms with E-state index in [0.29, 0.717) is 0 Å². The zero-order valence-corrected chi connectivity index (χ0v) is 31.0. The molecule has 246 valence electrons. The lowest BCUT2D eigenvalue weighted by molar-refractivity contribution is 0.499. The van der Waals surface area contributed by atoms with E-state index in [1.807, 2.05) is 46.9 Å². The van der Waals surface area contributed by atoms with Gasteiger partial charge in [-0.1, -0.05) is 112 Å². The maximum absolute atomic E-state index is 4.13. The maximum atomic E-state index is 4.13. The number of hydrogen-bond acceptors (Lipinski definition) is 1. The van der Waals surface area contributed by atoms with Crippen LogP contribution in [-0.4, -0.2) is 7.05 Å². The summed E-state index contributed by atoms with van der Waals surface area (Å²) in [7, 11) is 1.99. The molecule has 0 bridgehead atoms. The molecule has 1 unspecified atom stereocenters. The Labute approximate surface area is 271 Å². The van der Waals surface area contributed by atoms with Crippen LogP contribution in [0.5, 0.6) is 0 Å². The molecular weight excluding hydrogens is 518 g/mol. The van der Waals surface area contributed by atoms with Crippen LogP contribution < -0.4 is 5.32 Å². The normalized spacial score (nSPS) is 17.1. The van der Waals surface area contributed by atoms with E-state index in [4.69, 9.17) is 0 Å². The lowest BCUT2D eigenvalue weighted by atomic mass is 9.80. The highest BCUT2D eigenvalue weighted by Crippen LogP contribution is 2.36. The zero-order valence-electron chi connectivity index (χ0n) is 31.0. The Morgan fingerprint density at radius 1 is 0.907 bits per heavy atom. The van der Waals surface area contributed by atoms with Crippen molar-refractivity contribution in [2.24, 2.45) is 17.8 Å². The quantitative estimate of drug-likeness (QED) is 0.219. The van der Waals surface area contributed by atoms with Gasteiger partial charge in [-0.05, 0) is 135 Å². The molecule has 3 aliphatic rings. The van der Waals surface area contributed by atoms with Crippen molar-refractivity contribution in [3.8, 4) is 0 Å². The highest BCUT2D eigenvalue weighted by atomic mass is 14.8. The minimum Gasteiger partial charge on any atom is -0.391 e. The molecule has 0 amide bonds. The van der Waals surface area contributed by atoms with Gasteiger partial charge in [0.05, 0.1) is 0 Å². The first-order valence-corrected chi connectivity index (χ1v) is 16.6. The van der Waals surface area contributed by atoms with Gasteiger partial charge in [0.25, 0.3) is 0 Å². The zero-order chi connectivity index (χ0) is 34.0. The van der Waals surface area contributed by atoms with E-state index in [-0.39, 0.29) is 0 Å². The van der Waals surface area contributed by atoms with Crippen molar-refractivity contribution < 1.29 is 0 Å². The Morgan fingerprint density at radius 3 is 1.63 bits per heavy atom. The summed E-state index contributed by atoms with van der Waals surface area (Å²) >= 11 is 0. The average Bonchev–Trinajstić information content (AvgIpc) is 3.89. The second-order valence-electron chi connectivity index (χ2n) is 12.7. The van der Waals surface area contributed by atoms with Crippen molar-refractivity contribution in [2.75, 3.05) is 7.05 Å². The van der Waals surface area contributed by atoms with Crippen LogP contribution in [0.4, 0.5) is 0 Å². The van der Waals surface area contributed by atoms with Gasteiger partial charge in [0, 0.05) is 12.7 Å². The van der Waals surface area contributed by atoms with Crippen molar-refractivity contribution in [3.63, 3.8) is 0 Å². The molecule has 0 saturated heterocycles. The lowest BCUT2D eigenvalue weighted by Crippen LogP contribution is -2.13. The van der Waals surface area contributed by atoms with Gasteiger partial charge < -0.3 is 5.32 Å². The Morgan fingerprint density at radius 2 is 1.42 bits per heavy atom. The van der Waals surface area contributed by atoms with Crippen molar-refractivity contribution in [2.45, 2.75) is 134 Å². The Bertz CT molecular complexity index is 933. The van der Waals surface area contributed by atoms with Gasteiger partial charge in [0.2, 0.25) is 0 Å². The molecule has 1 atom stereocenters. The monoisotopic (exact) mass is 592 g/mol. The Hall–Kier alpha value is -2.54. The summed E-state index contributed by atoms with van der Waals surface area (Å²) in [5, 5.41) is 3.26. The van der Waals surface area contributed by atoms with Gasteiger partial charge in [-0.15, -0.1) is 6.58 Å². The molecule has 0 aromatic rings. The number of allylic oxidation sites excluding steroid dienone is 13. The molecule has 1 nitrogen and oxygen atoms in total. The molecule has 1 N–H and O–H groups in total. The van der Waals surface area contributed by atoms with Crippen molar-refractivity contribution in [1.82, 2.24) is 5.32 Å². The summed E-state index contributed by atoms with van der Waals surface area (Å²) < 4.78 is 0. The van der Waals surface area contributed by atoms with Crippen LogP contribution in [-0.2, 0) is 0 Å². The number of hydrogen-bond donors (Lipinski definition) is 1. The van der Waals surface area contributed by atoms with Crippen LogP contribution >= 0.6 is 0 Å². The van der Waals surface area contributed by atoms with Gasteiger partial charge in [-0.3, -0.25) is 0 Å². The van der Waals surface area contributed by atoms with Gasteiger partial charge in [0.15, 0.2) is 0 Å². The summed E-state index contributed by atoms with van der Waals surface area (Å²) in [6, 6.07) is 0. The molecule has 1 heteroatoms. The summed E-state index contributed by atoms with van der Waals surface area (Å²) in [5.41, 5.74) is 10.5. The van der Waals surface area contributed by atoms with E-state index < -0.39 is 0 Å². The standard InChI is InChI=1S/C15H25N.C7H12.C5H10.C5H8.C5H10.C5H8/c1-10(2)15(13(5)16-6)14-9-11(3)7-8-12(14)4;1-4-5-6-7(2)3;2*1-2-5-3-4-5;2*1-4-5(2)3/h11,16H,1,7-9H2,2-6H3;4-5H,2,6H2,1,3H3;5H,2-4H2,1H3;2,5H,1,3-4H2;4H,1-3H3;4H,1-2H2,3H3/b15-13+;5-4-;;;;. The first kappa shape index (κ1) is 44.9. The summed E-state index contributed by atoms with van der Waals surface area (Å²) in [5.74, 6) is 2.84. The average molecular weight is 592 g/mol. The maximum Gasteiger partial charge on any atom is 0.0151 e. The lowest BCUT2D eigenvalue weighted by Gasteiger charge is -2.26. The first-order valence-electron chi connectivity index (χ1n) is 16.6. The van der Waals surface area contributed by atoms with Crippen LogP contribution in [0.15, 0.2) is 108 Å². The predicted octanol–water partition coefficient (Wildman–Crippen LogP) is 13.8. The van der Waals surface area contributed by atoms with Crippen LogP contribution in [0, 0.1) is 17.8 Å². The minimum atomic E-state index is 0.803. The molecule has 0 heterocycles. The molecule has 2 fully saturated rings. The molecule has 3 aliphatic carbocycles. The molecule has 3 rings (SSSR count). The third-order valence-corrected chi connectivity index (χ3v) is 7.42. The molecule has 0 radical (unpaired) electrons. The SMILES string of the molecule is C=C(C)/C(C1=C(C)CCC(C)C1)=C(/C)NC.C=C(C)C/C=C\C.C=CC(=C)C.C=CC1CC1.CC=C(C)C.CCC1CC1. The molecule has 43 heavy (non-hydrogen) atoms. The number of nitrogens with one attached hydrogen (secondary N) is 1. The largest absolute Gasteiger partial charge is 0.391 e. The van der Waals surface area contributed by atoms with Gasteiger partial charge in [0.1, 0.15) is 0 Å². The summed E-state index contributed by atoms with van der Waals surface area (Å²) in [4.78, 5) is 0. The van der Waals surface area contributed by atoms with Gasteiger partial charge in [-0.2, -0.15) is 0 Å². The van der Waals surface area contributed by atoms with E-state index in [2.05, 4.69) is 98.8 Å². The Kier molecular flexibility index (Phi) is 29.5. The Balaban J connectivity index is -0.000000493. The fraction of sp³-hybridized carbons (Fsp3) is 0.571. The van der Waals surface area contributed by atoms with Crippen molar-refractivity contribution in [3.05, 3.63) is 108 Å². The fourth-order valence-electron chi connectivity index (χ4n) is 3.66. The molecular formula is C42H73N. The van der Waals surface area contributed by atoms with Crippen LogP contribution in [0.1, 0.15) is 134 Å². The molecule has 0 aromatic carbocycles. The number of rotatable bonds is 8. The van der Waals surface area contributed by atoms with Crippen molar-refractivity contribution in [1.29, 1.82) is 0 Å². The van der Waals surface area contributed by atoms with E-state index in [0.717, 1.165) is 29.7 Å². The summed E-state index contributed by atoms with van der Waals surface area (Å²) in [6.07, 6.45) is 22.0. The molecule has 0 aromatic heterocycles. The highest BCUT2D eigenvalue weighted by Gasteiger charge is 2.20. The second kappa shape index (κ2) is 28.2.